The maximum absolute atomic E-state index is 13.3. The number of hydrogen-bond acceptors (Lipinski definition) is 3. The second-order valence-corrected chi connectivity index (χ2v) is 8.65. The number of benzene rings is 2. The van der Waals surface area contributed by atoms with E-state index in [9.17, 15) is 22.8 Å². The van der Waals surface area contributed by atoms with Crippen LogP contribution in [0.4, 0.5) is 18.9 Å². The van der Waals surface area contributed by atoms with Gasteiger partial charge in [-0.15, -0.1) is 11.8 Å². The van der Waals surface area contributed by atoms with Gasteiger partial charge in [-0.2, -0.15) is 13.2 Å². The molecule has 2 aromatic rings. The van der Waals surface area contributed by atoms with E-state index in [0.717, 1.165) is 23.3 Å². The van der Waals surface area contributed by atoms with E-state index in [4.69, 9.17) is 0 Å². The van der Waals surface area contributed by atoms with Crippen LogP contribution in [0.15, 0.2) is 42.5 Å². The Morgan fingerprint density at radius 3 is 2.43 bits per heavy atom. The van der Waals surface area contributed by atoms with Crippen LogP contribution >= 0.6 is 11.8 Å². The van der Waals surface area contributed by atoms with Crippen molar-refractivity contribution in [2.45, 2.75) is 39.0 Å². The Morgan fingerprint density at radius 2 is 1.80 bits per heavy atom. The fourth-order valence-corrected chi connectivity index (χ4v) is 4.62. The standard InChI is InChI=1S/C22H23F3N2O2S/c1-14-6-4-7-15(2)19(14)26-20(29)21(3)13-30-12-18(28)27(21)11-16-8-5-9-17(10-16)22(23,24)25/h4-10H,11-13H2,1-3H3,(H,26,29). The summed E-state index contributed by atoms with van der Waals surface area (Å²) >= 11 is 1.35. The van der Waals surface area contributed by atoms with Crippen LogP contribution in [-0.4, -0.2) is 33.8 Å². The fourth-order valence-electron chi connectivity index (χ4n) is 3.51. The Morgan fingerprint density at radius 1 is 1.17 bits per heavy atom. The second kappa shape index (κ2) is 8.34. The molecule has 1 atom stereocenters. The van der Waals surface area contributed by atoms with Crippen LogP contribution in [0.3, 0.4) is 0 Å². The van der Waals surface area contributed by atoms with Gasteiger partial charge in [-0.05, 0) is 49.6 Å². The summed E-state index contributed by atoms with van der Waals surface area (Å²) in [5.41, 5.74) is 0.836. The van der Waals surface area contributed by atoms with E-state index in [2.05, 4.69) is 5.32 Å². The summed E-state index contributed by atoms with van der Waals surface area (Å²) in [6.45, 7) is 5.35. The van der Waals surface area contributed by atoms with Crippen LogP contribution < -0.4 is 5.32 Å². The monoisotopic (exact) mass is 436 g/mol. The Hall–Kier alpha value is -2.48. The van der Waals surface area contributed by atoms with Gasteiger partial charge < -0.3 is 10.2 Å². The van der Waals surface area contributed by atoms with Gasteiger partial charge in [-0.1, -0.05) is 30.3 Å². The number of alkyl halides is 3. The first kappa shape index (κ1) is 22.2. The number of hydrogen-bond donors (Lipinski definition) is 1. The first-order valence-electron chi connectivity index (χ1n) is 9.44. The molecule has 0 radical (unpaired) electrons. The zero-order valence-electron chi connectivity index (χ0n) is 17.0. The minimum Gasteiger partial charge on any atom is -0.324 e. The van der Waals surface area contributed by atoms with Gasteiger partial charge in [0, 0.05) is 18.0 Å². The molecule has 1 aliphatic heterocycles. The largest absolute Gasteiger partial charge is 0.416 e. The Labute approximate surface area is 177 Å². The van der Waals surface area contributed by atoms with Gasteiger partial charge in [0.2, 0.25) is 5.91 Å². The van der Waals surface area contributed by atoms with E-state index in [1.807, 2.05) is 32.0 Å². The first-order chi connectivity index (χ1) is 14.0. The molecule has 0 saturated carbocycles. The molecule has 30 heavy (non-hydrogen) atoms. The molecule has 1 fully saturated rings. The third-order valence-electron chi connectivity index (χ3n) is 5.31. The number of para-hydroxylation sites is 1. The molecule has 4 nitrogen and oxygen atoms in total. The number of aryl methyl sites for hydroxylation is 2. The van der Waals surface area contributed by atoms with Crippen LogP contribution in [-0.2, 0) is 22.3 Å². The average Bonchev–Trinajstić information content (AvgIpc) is 2.67. The summed E-state index contributed by atoms with van der Waals surface area (Å²) in [4.78, 5) is 27.3. The molecule has 1 unspecified atom stereocenters. The third kappa shape index (κ3) is 4.48. The van der Waals surface area contributed by atoms with Crippen molar-refractivity contribution in [2.24, 2.45) is 0 Å². The Balaban J connectivity index is 1.90. The highest BCUT2D eigenvalue weighted by Crippen LogP contribution is 2.33. The highest BCUT2D eigenvalue weighted by Gasteiger charge is 2.45. The lowest BCUT2D eigenvalue weighted by Crippen LogP contribution is -2.61. The molecule has 1 aliphatic rings. The molecule has 0 aliphatic carbocycles. The van der Waals surface area contributed by atoms with Crippen LogP contribution in [0.5, 0.6) is 0 Å². The minimum absolute atomic E-state index is 0.0695. The van der Waals surface area contributed by atoms with Gasteiger partial charge in [-0.25, -0.2) is 0 Å². The molecule has 1 saturated heterocycles. The van der Waals surface area contributed by atoms with Gasteiger partial charge >= 0.3 is 6.18 Å². The maximum atomic E-state index is 13.3. The van der Waals surface area contributed by atoms with Crippen LogP contribution in [0, 0.1) is 13.8 Å². The van der Waals surface area contributed by atoms with Gasteiger partial charge in [0.15, 0.2) is 0 Å². The number of halogens is 3. The number of nitrogens with zero attached hydrogens (tertiary/aromatic N) is 1. The zero-order chi connectivity index (χ0) is 22.1. The predicted octanol–water partition coefficient (Wildman–Crippen LogP) is 4.80. The SMILES string of the molecule is Cc1cccc(C)c1NC(=O)C1(C)CSCC(=O)N1Cc1cccc(C(F)(F)F)c1. The van der Waals surface area contributed by atoms with Crippen molar-refractivity contribution in [1.29, 1.82) is 0 Å². The van der Waals surface area contributed by atoms with Gasteiger partial charge in [0.25, 0.3) is 5.91 Å². The normalized spacial score (nSPS) is 19.7. The van der Waals surface area contributed by atoms with E-state index >= 15 is 0 Å². The number of nitrogens with one attached hydrogen (secondary N) is 1. The molecule has 1 heterocycles. The highest BCUT2D eigenvalue weighted by molar-refractivity contribution is 8.00. The topological polar surface area (TPSA) is 49.4 Å². The molecule has 3 rings (SSSR count). The molecule has 8 heteroatoms. The van der Waals surface area contributed by atoms with Crippen molar-refractivity contribution in [1.82, 2.24) is 4.90 Å². The smallest absolute Gasteiger partial charge is 0.324 e. The number of carbonyl (C=O) groups is 2. The first-order valence-corrected chi connectivity index (χ1v) is 10.6. The number of amides is 2. The summed E-state index contributed by atoms with van der Waals surface area (Å²) in [5.74, 6) is -0.0880. The van der Waals surface area contributed by atoms with E-state index in [-0.39, 0.29) is 24.1 Å². The van der Waals surface area contributed by atoms with Gasteiger partial charge in [0.05, 0.1) is 11.3 Å². The van der Waals surface area contributed by atoms with Crippen molar-refractivity contribution >= 4 is 29.3 Å². The lowest BCUT2D eigenvalue weighted by Gasteiger charge is -2.43. The van der Waals surface area contributed by atoms with Crippen molar-refractivity contribution in [3.8, 4) is 0 Å². The summed E-state index contributed by atoms with van der Waals surface area (Å²) in [5, 5.41) is 2.93. The predicted molar refractivity (Wildman–Crippen MR) is 112 cm³/mol. The number of carbonyl (C=O) groups excluding carboxylic acids is 2. The molecule has 1 N–H and O–H groups in total. The Bertz CT molecular complexity index is 957. The fraction of sp³-hybridized carbons (Fsp3) is 0.364. The molecule has 2 amide bonds. The van der Waals surface area contributed by atoms with E-state index < -0.39 is 17.3 Å². The summed E-state index contributed by atoms with van der Waals surface area (Å²) in [6.07, 6.45) is -4.47. The molecular formula is C22H23F3N2O2S. The lowest BCUT2D eigenvalue weighted by molar-refractivity contribution is -0.142. The van der Waals surface area contributed by atoms with E-state index in [0.29, 0.717) is 17.0 Å². The van der Waals surface area contributed by atoms with Crippen LogP contribution in [0.1, 0.15) is 29.2 Å². The minimum atomic E-state index is -4.47. The third-order valence-corrected chi connectivity index (χ3v) is 6.53. The van der Waals surface area contributed by atoms with Gasteiger partial charge in [-0.3, -0.25) is 9.59 Å². The van der Waals surface area contributed by atoms with Crippen molar-refractivity contribution in [3.63, 3.8) is 0 Å². The van der Waals surface area contributed by atoms with Crippen LogP contribution in [0.2, 0.25) is 0 Å². The molecule has 0 bridgehead atoms. The molecule has 0 aromatic heterocycles. The molecular weight excluding hydrogens is 413 g/mol. The van der Waals surface area contributed by atoms with Crippen molar-refractivity contribution < 1.29 is 22.8 Å². The number of anilines is 1. The Kier molecular flexibility index (Phi) is 6.17. The van der Waals surface area contributed by atoms with Crippen molar-refractivity contribution in [2.75, 3.05) is 16.8 Å². The van der Waals surface area contributed by atoms with Gasteiger partial charge in [0.1, 0.15) is 5.54 Å². The van der Waals surface area contributed by atoms with E-state index in [1.165, 1.54) is 28.8 Å². The maximum Gasteiger partial charge on any atom is 0.416 e. The van der Waals surface area contributed by atoms with E-state index in [1.54, 1.807) is 6.92 Å². The van der Waals surface area contributed by atoms with Crippen molar-refractivity contribution in [3.05, 3.63) is 64.7 Å². The average molecular weight is 436 g/mol. The molecule has 2 aromatic carbocycles. The highest BCUT2D eigenvalue weighted by atomic mass is 32.2. The second-order valence-electron chi connectivity index (χ2n) is 7.67. The number of rotatable bonds is 4. The number of thioether (sulfide) groups is 1. The summed E-state index contributed by atoms with van der Waals surface area (Å²) < 4.78 is 39.2. The molecule has 160 valence electrons. The molecule has 0 spiro atoms. The quantitative estimate of drug-likeness (QED) is 0.750. The summed E-state index contributed by atoms with van der Waals surface area (Å²) in [7, 11) is 0. The van der Waals surface area contributed by atoms with Crippen LogP contribution in [0.25, 0.3) is 0 Å². The lowest BCUT2D eigenvalue weighted by atomic mass is 9.98. The zero-order valence-corrected chi connectivity index (χ0v) is 17.8. The summed E-state index contributed by atoms with van der Waals surface area (Å²) in [6, 6.07) is 10.5.